The minimum absolute atomic E-state index is 0.0255. The summed E-state index contributed by atoms with van der Waals surface area (Å²) in [6.07, 6.45) is 6.93. The standard InChI is InChI=1S/C30H45ClO6Si2/c1-19-16-23-22(35-23)15-13-12-14-20(32)17-21-26(28(33)34-19)24(36-38(8,9)29(2,3)4)18-25(27(21)31)37-39(10,11)30(5,6)7/h12-15,18-19,22-23H,16-17H2,1-11H3/t19-,22?,23-/m1/s1. The molecule has 216 valence electrons. The van der Waals surface area contributed by atoms with Crippen LogP contribution in [-0.4, -0.2) is 46.7 Å². The van der Waals surface area contributed by atoms with Gasteiger partial charge in [0.1, 0.15) is 29.3 Å². The van der Waals surface area contributed by atoms with Crippen molar-refractivity contribution >= 4 is 40.0 Å². The van der Waals surface area contributed by atoms with Gasteiger partial charge in [0.2, 0.25) is 0 Å². The quantitative estimate of drug-likeness (QED) is 0.200. The summed E-state index contributed by atoms with van der Waals surface area (Å²) in [6.45, 7) is 23.2. The lowest BCUT2D eigenvalue weighted by Gasteiger charge is -2.39. The third-order valence-corrected chi connectivity index (χ3v) is 17.5. The van der Waals surface area contributed by atoms with E-state index in [1.54, 1.807) is 12.1 Å². The van der Waals surface area contributed by atoms with E-state index in [1.807, 2.05) is 19.1 Å². The molecule has 2 heterocycles. The van der Waals surface area contributed by atoms with Gasteiger partial charge in [-0.05, 0) is 49.3 Å². The number of hydrogen-bond donors (Lipinski definition) is 0. The van der Waals surface area contributed by atoms with E-state index in [9.17, 15) is 9.59 Å². The van der Waals surface area contributed by atoms with E-state index in [0.29, 0.717) is 23.5 Å². The fourth-order valence-corrected chi connectivity index (χ4v) is 6.12. The molecule has 1 unspecified atom stereocenters. The highest BCUT2D eigenvalue weighted by molar-refractivity contribution is 6.75. The molecule has 0 radical (unpaired) electrons. The van der Waals surface area contributed by atoms with Gasteiger partial charge >= 0.3 is 5.97 Å². The maximum absolute atomic E-state index is 13.8. The fraction of sp³-hybridized carbons (Fsp3) is 0.600. The number of allylic oxidation sites excluding steroid dienone is 3. The average Bonchev–Trinajstić information content (AvgIpc) is 3.49. The van der Waals surface area contributed by atoms with Crippen molar-refractivity contribution in [2.75, 3.05) is 0 Å². The van der Waals surface area contributed by atoms with Gasteiger partial charge in [0, 0.05) is 24.5 Å². The molecule has 0 N–H and O–H groups in total. The molecule has 0 spiro atoms. The predicted molar refractivity (Wildman–Crippen MR) is 162 cm³/mol. The Kier molecular flexibility index (Phi) is 9.08. The molecule has 39 heavy (non-hydrogen) atoms. The van der Waals surface area contributed by atoms with Crippen molar-refractivity contribution in [3.63, 3.8) is 0 Å². The zero-order chi connectivity index (χ0) is 29.6. The first kappa shape index (κ1) is 31.6. The maximum Gasteiger partial charge on any atom is 0.342 e. The summed E-state index contributed by atoms with van der Waals surface area (Å²) < 4.78 is 25.0. The SMILES string of the molecule is C[C@@H]1C[C@H]2OC2C=CC=CC(=O)Cc2c(Cl)c(O[Si](C)(C)C(C)(C)C)cc(O[Si](C)(C)C(C)(C)C)c2C(=O)O1. The van der Waals surface area contributed by atoms with Gasteiger partial charge in [0.25, 0.3) is 16.6 Å². The lowest BCUT2D eigenvalue weighted by atomic mass is 10.00. The van der Waals surface area contributed by atoms with E-state index < -0.39 is 28.7 Å². The molecule has 1 fully saturated rings. The number of ketones is 1. The number of ether oxygens (including phenoxy) is 2. The van der Waals surface area contributed by atoms with Gasteiger partial charge in [-0.15, -0.1) is 0 Å². The van der Waals surface area contributed by atoms with Crippen LogP contribution in [0.5, 0.6) is 11.5 Å². The minimum atomic E-state index is -2.42. The normalized spacial score (nSPS) is 22.9. The molecule has 0 saturated carbocycles. The highest BCUT2D eigenvalue weighted by atomic mass is 35.5. The van der Waals surface area contributed by atoms with Crippen LogP contribution >= 0.6 is 11.6 Å². The number of benzene rings is 1. The Labute approximate surface area is 241 Å². The molecular weight excluding hydrogens is 548 g/mol. The van der Waals surface area contributed by atoms with Gasteiger partial charge in [-0.2, -0.15) is 0 Å². The first-order chi connectivity index (χ1) is 17.7. The second-order valence-corrected chi connectivity index (χ2v) is 23.6. The number of carbonyl (C=O) groups excluding carboxylic acids is 2. The van der Waals surface area contributed by atoms with E-state index >= 15 is 0 Å². The van der Waals surface area contributed by atoms with Crippen molar-refractivity contribution in [3.8, 4) is 11.5 Å². The van der Waals surface area contributed by atoms with Crippen LogP contribution in [0.2, 0.25) is 41.3 Å². The smallest absolute Gasteiger partial charge is 0.342 e. The van der Waals surface area contributed by atoms with Crippen molar-refractivity contribution in [3.05, 3.63) is 46.5 Å². The summed E-state index contributed by atoms with van der Waals surface area (Å²) in [5.41, 5.74) is 0.567. The van der Waals surface area contributed by atoms with E-state index in [4.69, 9.17) is 29.9 Å². The third-order valence-electron chi connectivity index (χ3n) is 8.38. The number of rotatable bonds is 4. The largest absolute Gasteiger partial charge is 0.543 e. The van der Waals surface area contributed by atoms with Crippen LogP contribution in [0.1, 0.15) is 70.8 Å². The monoisotopic (exact) mass is 592 g/mol. The lowest BCUT2D eigenvalue weighted by Crippen LogP contribution is -2.45. The molecule has 1 aromatic rings. The number of fused-ring (bicyclic) bond motifs is 2. The summed E-state index contributed by atoms with van der Waals surface area (Å²) in [5, 5.41) is 0.0183. The van der Waals surface area contributed by atoms with Crippen molar-refractivity contribution in [2.45, 2.75) is 116 Å². The van der Waals surface area contributed by atoms with Gasteiger partial charge < -0.3 is 18.3 Å². The van der Waals surface area contributed by atoms with Crippen LogP contribution in [-0.2, 0) is 20.7 Å². The molecule has 0 amide bonds. The average molecular weight is 593 g/mol. The number of halogens is 1. The summed E-state index contributed by atoms with van der Waals surface area (Å²) in [6, 6.07) is 1.74. The molecule has 0 aromatic heterocycles. The Morgan fingerprint density at radius 1 is 0.923 bits per heavy atom. The third kappa shape index (κ3) is 7.45. The highest BCUT2D eigenvalue weighted by Crippen LogP contribution is 2.46. The van der Waals surface area contributed by atoms with Gasteiger partial charge in [-0.3, -0.25) is 4.79 Å². The van der Waals surface area contributed by atoms with E-state index in [-0.39, 0.29) is 45.1 Å². The van der Waals surface area contributed by atoms with Gasteiger partial charge in [-0.1, -0.05) is 71.4 Å². The van der Waals surface area contributed by atoms with Crippen LogP contribution in [0.4, 0.5) is 0 Å². The first-order valence-electron chi connectivity index (χ1n) is 13.7. The Morgan fingerprint density at radius 2 is 1.49 bits per heavy atom. The molecule has 0 aliphatic carbocycles. The van der Waals surface area contributed by atoms with Gasteiger partial charge in [0.05, 0.1) is 11.1 Å². The number of cyclic esters (lactones) is 1. The molecule has 0 bridgehead atoms. The van der Waals surface area contributed by atoms with Crippen LogP contribution in [0.25, 0.3) is 0 Å². The lowest BCUT2D eigenvalue weighted by molar-refractivity contribution is -0.114. The fourth-order valence-electron chi connectivity index (χ4n) is 3.76. The van der Waals surface area contributed by atoms with E-state index in [1.165, 1.54) is 6.08 Å². The molecule has 1 saturated heterocycles. The summed E-state index contributed by atoms with van der Waals surface area (Å²) in [7, 11) is -4.74. The van der Waals surface area contributed by atoms with Gasteiger partial charge in [-0.25, -0.2) is 4.79 Å². The molecule has 3 rings (SSSR count). The maximum atomic E-state index is 13.8. The molecule has 1 aromatic carbocycles. The second kappa shape index (κ2) is 11.2. The topological polar surface area (TPSA) is 74.4 Å². The Balaban J connectivity index is 2.23. The van der Waals surface area contributed by atoms with Crippen LogP contribution in [0, 0.1) is 0 Å². The second-order valence-electron chi connectivity index (χ2n) is 13.7. The van der Waals surface area contributed by atoms with Crippen LogP contribution < -0.4 is 8.85 Å². The number of epoxide rings is 1. The molecular formula is C30H45ClO6Si2. The van der Waals surface area contributed by atoms with Crippen molar-refractivity contribution in [1.29, 1.82) is 0 Å². The molecule has 9 heteroatoms. The zero-order valence-electron chi connectivity index (χ0n) is 25.4. The molecule has 3 atom stereocenters. The van der Waals surface area contributed by atoms with E-state index in [0.717, 1.165) is 0 Å². The zero-order valence-corrected chi connectivity index (χ0v) is 28.1. The Morgan fingerprint density at radius 3 is 2.05 bits per heavy atom. The van der Waals surface area contributed by atoms with E-state index in [2.05, 4.69) is 67.7 Å². The van der Waals surface area contributed by atoms with Crippen LogP contribution in [0.15, 0.2) is 30.4 Å². The van der Waals surface area contributed by atoms with Crippen molar-refractivity contribution < 1.29 is 27.9 Å². The Hall–Kier alpha value is -1.88. The van der Waals surface area contributed by atoms with Crippen molar-refractivity contribution in [2.24, 2.45) is 0 Å². The minimum Gasteiger partial charge on any atom is -0.543 e. The molecule has 6 nitrogen and oxygen atoms in total. The number of carbonyl (C=O) groups is 2. The predicted octanol–water partition coefficient (Wildman–Crippen LogP) is 8.05. The van der Waals surface area contributed by atoms with Crippen molar-refractivity contribution in [1.82, 2.24) is 0 Å². The number of hydrogen-bond acceptors (Lipinski definition) is 6. The number of esters is 1. The molecule has 2 aliphatic rings. The molecule has 2 aliphatic heterocycles. The van der Waals surface area contributed by atoms with Gasteiger partial charge in [0.15, 0.2) is 5.78 Å². The summed E-state index contributed by atoms with van der Waals surface area (Å²) in [5.74, 6) is 0.0325. The first-order valence-corrected chi connectivity index (χ1v) is 19.9. The summed E-state index contributed by atoms with van der Waals surface area (Å²) in [4.78, 5) is 26.9. The summed E-state index contributed by atoms with van der Waals surface area (Å²) >= 11 is 7.00. The Bertz CT molecular complexity index is 1170. The van der Waals surface area contributed by atoms with Crippen LogP contribution in [0.3, 0.4) is 0 Å². The highest BCUT2D eigenvalue weighted by Gasteiger charge is 2.43.